The number of thiol groups is 1. The number of hydrogen-bond donors (Lipinski definition) is 1. The Labute approximate surface area is 124 Å². The van der Waals surface area contributed by atoms with Gasteiger partial charge in [0.2, 0.25) is 12.1 Å². The van der Waals surface area contributed by atoms with Crippen LogP contribution >= 0.6 is 12.6 Å². The number of hydrogen-bond acceptors (Lipinski definition) is 1. The molecule has 1 heterocycles. The van der Waals surface area contributed by atoms with E-state index in [1.165, 1.54) is 0 Å². The minimum atomic E-state index is -0.254. The number of carbonyl (C=O) groups is 1. The first kappa shape index (κ1) is 14.4. The minimum Gasteiger partial charge on any atom is -0.304 e. The molecule has 0 fully saturated rings. The van der Waals surface area contributed by atoms with Crippen LogP contribution in [0.25, 0.3) is 10.9 Å². The van der Waals surface area contributed by atoms with Gasteiger partial charge in [-0.05, 0) is 31.0 Å². The van der Waals surface area contributed by atoms with Gasteiger partial charge in [-0.3, -0.25) is 4.79 Å². The Morgan fingerprint density at radius 3 is 2.75 bits per heavy atom. The van der Waals surface area contributed by atoms with Crippen molar-refractivity contribution in [1.29, 1.82) is 0 Å². The maximum absolute atomic E-state index is 11.5. The fourth-order valence-corrected chi connectivity index (χ4v) is 2.57. The van der Waals surface area contributed by atoms with E-state index in [9.17, 15) is 4.79 Å². The van der Waals surface area contributed by atoms with Crippen LogP contribution in [0.3, 0.4) is 0 Å². The second-order valence-electron chi connectivity index (χ2n) is 4.53. The van der Waals surface area contributed by atoms with Gasteiger partial charge in [0.1, 0.15) is 0 Å². The number of rotatable bonds is 3. The fourth-order valence-electron chi connectivity index (χ4n) is 2.31. The van der Waals surface area contributed by atoms with Crippen LogP contribution in [0.4, 0.5) is 10.5 Å². The van der Waals surface area contributed by atoms with Crippen molar-refractivity contribution in [3.05, 3.63) is 36.0 Å². The molecule has 0 bridgehead atoms. The Kier molecular flexibility index (Phi) is 4.31. The van der Waals surface area contributed by atoms with Crippen molar-refractivity contribution in [1.82, 2.24) is 0 Å². The first-order valence-electron chi connectivity index (χ1n) is 6.45. The maximum atomic E-state index is 11.5. The Balaban J connectivity index is 2.59. The molecule has 0 atom stereocenters. The molecule has 1 aromatic heterocycles. The molecule has 2 rings (SSSR count). The highest BCUT2D eigenvalue weighted by Crippen LogP contribution is 2.21. The number of fused-ring (bicyclic) bond motifs is 1. The average molecular weight is 285 g/mol. The zero-order valence-corrected chi connectivity index (χ0v) is 12.5. The van der Waals surface area contributed by atoms with E-state index in [0.29, 0.717) is 13.1 Å². The van der Waals surface area contributed by atoms with Crippen LogP contribution in [0.15, 0.2) is 30.3 Å². The average Bonchev–Trinajstić information content (AvgIpc) is 2.42. The van der Waals surface area contributed by atoms with Gasteiger partial charge in [-0.2, -0.15) is 4.57 Å². The minimum absolute atomic E-state index is 0.254. The van der Waals surface area contributed by atoms with Gasteiger partial charge in [0.25, 0.3) is 5.24 Å². The van der Waals surface area contributed by atoms with Crippen LogP contribution in [-0.4, -0.2) is 11.8 Å². The lowest BCUT2D eigenvalue weighted by molar-refractivity contribution is -0.664. The van der Waals surface area contributed by atoms with Gasteiger partial charge in [0.15, 0.2) is 5.69 Å². The second kappa shape index (κ2) is 5.98. The van der Waals surface area contributed by atoms with Gasteiger partial charge in [-0.25, -0.2) is 0 Å². The summed E-state index contributed by atoms with van der Waals surface area (Å²) in [7, 11) is 0. The number of pyridine rings is 1. The van der Waals surface area contributed by atoms with Crippen LogP contribution in [-0.2, 0) is 6.54 Å². The number of amides is 1. The second-order valence-corrected chi connectivity index (χ2v) is 4.92. The van der Waals surface area contributed by atoms with Gasteiger partial charge < -0.3 is 4.90 Å². The van der Waals surface area contributed by atoms with Crippen molar-refractivity contribution >= 4 is 34.5 Å². The summed E-state index contributed by atoms with van der Waals surface area (Å²) >= 11 is 3.90. The fraction of sp³-hybridized carbons (Fsp3) is 0.250. The van der Waals surface area contributed by atoms with E-state index in [1.54, 1.807) is 4.90 Å². The number of carbonyl (C=O) groups excluding carboxylic acids is 1. The van der Waals surface area contributed by atoms with Gasteiger partial charge in [0, 0.05) is 36.7 Å². The zero-order chi connectivity index (χ0) is 14.7. The van der Waals surface area contributed by atoms with Gasteiger partial charge >= 0.3 is 0 Å². The number of nitrogens with zero attached hydrogens (tertiary/aromatic N) is 2. The molecule has 0 radical (unpaired) electrons. The summed E-state index contributed by atoms with van der Waals surface area (Å²) in [4.78, 5) is 13.1. The molecule has 20 heavy (non-hydrogen) atoms. The molecular weight excluding hydrogens is 268 g/mol. The predicted octanol–water partition coefficient (Wildman–Crippen LogP) is 2.95. The number of aryl methyl sites for hydroxylation is 1. The van der Waals surface area contributed by atoms with Crippen molar-refractivity contribution in [2.24, 2.45) is 0 Å². The summed E-state index contributed by atoms with van der Waals surface area (Å²) in [6.45, 7) is 5.07. The molecule has 0 aliphatic rings. The van der Waals surface area contributed by atoms with E-state index in [-0.39, 0.29) is 5.24 Å². The third kappa shape index (κ3) is 2.63. The van der Waals surface area contributed by atoms with Gasteiger partial charge in [0.05, 0.1) is 0 Å². The van der Waals surface area contributed by atoms with Crippen molar-refractivity contribution in [3.8, 4) is 12.3 Å². The molecule has 0 saturated carbocycles. The molecule has 4 heteroatoms. The lowest BCUT2D eigenvalue weighted by Crippen LogP contribution is -2.37. The number of anilines is 1. The van der Waals surface area contributed by atoms with Gasteiger partial charge in [-0.1, -0.05) is 12.6 Å². The monoisotopic (exact) mass is 285 g/mol. The van der Waals surface area contributed by atoms with E-state index in [0.717, 1.165) is 22.3 Å². The van der Waals surface area contributed by atoms with E-state index in [1.807, 2.05) is 44.2 Å². The lowest BCUT2D eigenvalue weighted by atomic mass is 10.1. The summed E-state index contributed by atoms with van der Waals surface area (Å²) in [5.41, 5.74) is 3.02. The Bertz CT molecular complexity index is 703. The first-order chi connectivity index (χ1) is 9.58. The van der Waals surface area contributed by atoms with Gasteiger partial charge in [-0.15, -0.1) is 6.42 Å². The van der Waals surface area contributed by atoms with Crippen LogP contribution < -0.4 is 9.47 Å². The topological polar surface area (TPSA) is 24.2 Å². The largest absolute Gasteiger partial charge is 0.304 e. The number of terminal acetylenes is 1. The SMILES string of the molecule is C#CC[n+]1c(C)ccc2cc(N(CC)C(=O)S)ccc21. The van der Waals surface area contributed by atoms with Crippen LogP contribution in [0.5, 0.6) is 0 Å². The van der Waals surface area contributed by atoms with Crippen LogP contribution in [0, 0.1) is 19.3 Å². The molecule has 2 aromatic rings. The third-order valence-corrected chi connectivity index (χ3v) is 3.58. The molecule has 1 amide bonds. The molecule has 1 aromatic carbocycles. The van der Waals surface area contributed by atoms with Crippen molar-refractivity contribution < 1.29 is 9.36 Å². The molecule has 3 nitrogen and oxygen atoms in total. The van der Waals surface area contributed by atoms with Crippen LogP contribution in [0.1, 0.15) is 12.6 Å². The lowest BCUT2D eigenvalue weighted by Gasteiger charge is -2.18. The molecule has 0 aliphatic carbocycles. The molecule has 0 spiro atoms. The summed E-state index contributed by atoms with van der Waals surface area (Å²) in [5.74, 6) is 2.67. The van der Waals surface area contributed by atoms with Crippen molar-refractivity contribution in [2.45, 2.75) is 20.4 Å². The summed E-state index contributed by atoms with van der Waals surface area (Å²) in [5, 5.41) is 0.798. The van der Waals surface area contributed by atoms with E-state index in [4.69, 9.17) is 6.42 Å². The molecule has 0 unspecified atom stereocenters. The van der Waals surface area contributed by atoms with Crippen LogP contribution in [0.2, 0.25) is 0 Å². The van der Waals surface area contributed by atoms with E-state index in [2.05, 4.69) is 23.1 Å². The molecule has 0 saturated heterocycles. The molecule has 102 valence electrons. The zero-order valence-electron chi connectivity index (χ0n) is 11.6. The van der Waals surface area contributed by atoms with E-state index >= 15 is 0 Å². The smallest absolute Gasteiger partial charge is 0.282 e. The highest BCUT2D eigenvalue weighted by molar-refractivity contribution is 7.96. The standard InChI is InChI=1S/C16H16N2OS/c1-4-10-18-12(3)6-7-13-11-14(8-9-15(13)18)17(5-2)16(19)20/h1,6-9,11H,5,10H2,2-3H3/p+1. The summed E-state index contributed by atoms with van der Waals surface area (Å²) in [6, 6.07) is 9.97. The Morgan fingerprint density at radius 2 is 2.15 bits per heavy atom. The Hall–Kier alpha value is -1.99. The molecule has 0 N–H and O–H groups in total. The summed E-state index contributed by atoms with van der Waals surface area (Å²) < 4.78 is 2.08. The Morgan fingerprint density at radius 1 is 1.40 bits per heavy atom. The third-order valence-electron chi connectivity index (χ3n) is 3.34. The van der Waals surface area contributed by atoms with Crippen molar-refractivity contribution in [3.63, 3.8) is 0 Å². The number of aromatic nitrogens is 1. The van der Waals surface area contributed by atoms with E-state index < -0.39 is 0 Å². The highest BCUT2D eigenvalue weighted by Gasteiger charge is 2.15. The normalized spacial score (nSPS) is 10.3. The first-order valence-corrected chi connectivity index (χ1v) is 6.90. The highest BCUT2D eigenvalue weighted by atomic mass is 32.1. The maximum Gasteiger partial charge on any atom is 0.282 e. The summed E-state index contributed by atoms with van der Waals surface area (Å²) in [6.07, 6.45) is 5.43. The number of benzene rings is 1. The predicted molar refractivity (Wildman–Crippen MR) is 85.1 cm³/mol. The molecule has 0 aliphatic heterocycles. The quantitative estimate of drug-likeness (QED) is 0.523. The molecular formula is C16H17N2OS+. The van der Waals surface area contributed by atoms with Crippen molar-refractivity contribution in [2.75, 3.05) is 11.4 Å².